The van der Waals surface area contributed by atoms with Gasteiger partial charge in [0.2, 0.25) is 21.8 Å². The number of rotatable bonds is 6. The molecule has 0 saturated carbocycles. The lowest BCUT2D eigenvalue weighted by atomic mass is 9.97. The Morgan fingerprint density at radius 3 is 2.30 bits per heavy atom. The molecule has 2 amide bonds. The predicted molar refractivity (Wildman–Crippen MR) is 113 cm³/mol. The Kier molecular flexibility index (Phi) is 6.42. The van der Waals surface area contributed by atoms with Gasteiger partial charge < -0.3 is 15.8 Å². The molecule has 1 aliphatic heterocycles. The van der Waals surface area contributed by atoms with E-state index in [-0.39, 0.29) is 35.4 Å². The maximum Gasteiger partial charge on any atom is 0.248 e. The Morgan fingerprint density at radius 2 is 1.73 bits per heavy atom. The number of sulfonamides is 1. The van der Waals surface area contributed by atoms with E-state index in [1.54, 1.807) is 30.3 Å². The molecule has 1 saturated heterocycles. The van der Waals surface area contributed by atoms with Crippen LogP contribution in [0.3, 0.4) is 0 Å². The second-order valence-electron chi connectivity index (χ2n) is 7.26. The molecule has 1 aliphatic rings. The number of hydrogen-bond acceptors (Lipinski definition) is 5. The molecule has 9 heteroatoms. The smallest absolute Gasteiger partial charge is 0.248 e. The average molecular weight is 432 g/mol. The number of nitrogens with one attached hydrogen (secondary N) is 1. The fourth-order valence-electron chi connectivity index (χ4n) is 3.41. The summed E-state index contributed by atoms with van der Waals surface area (Å²) in [6.45, 7) is 2.41. The summed E-state index contributed by atoms with van der Waals surface area (Å²) in [6, 6.07) is 11.3. The summed E-state index contributed by atoms with van der Waals surface area (Å²) in [7, 11) is -2.12. The number of aryl methyl sites for hydroxylation is 1. The summed E-state index contributed by atoms with van der Waals surface area (Å²) in [6.07, 6.45) is 0.795. The van der Waals surface area contributed by atoms with Crippen molar-refractivity contribution in [3.63, 3.8) is 0 Å². The Morgan fingerprint density at radius 1 is 1.10 bits per heavy atom. The zero-order chi connectivity index (χ0) is 21.9. The number of nitrogens with zero attached hydrogens (tertiary/aromatic N) is 1. The number of amides is 2. The molecular formula is C21H25N3O5S. The number of piperidine rings is 1. The number of ether oxygens (including phenoxy) is 1. The van der Waals surface area contributed by atoms with E-state index in [1.165, 1.54) is 23.5 Å². The Balaban J connectivity index is 1.67. The average Bonchev–Trinajstić information content (AvgIpc) is 2.74. The summed E-state index contributed by atoms with van der Waals surface area (Å²) in [5.74, 6) is -0.797. The van der Waals surface area contributed by atoms with Gasteiger partial charge in [0.15, 0.2) is 0 Å². The van der Waals surface area contributed by atoms with Gasteiger partial charge in [0.05, 0.1) is 17.7 Å². The molecule has 1 fully saturated rings. The number of hydrogen-bond donors (Lipinski definition) is 2. The van der Waals surface area contributed by atoms with E-state index in [1.807, 2.05) is 6.92 Å². The third kappa shape index (κ3) is 4.63. The fraction of sp³-hybridized carbons (Fsp3) is 0.333. The van der Waals surface area contributed by atoms with Gasteiger partial charge in [0, 0.05) is 24.6 Å². The van der Waals surface area contributed by atoms with Crippen LogP contribution >= 0.6 is 0 Å². The van der Waals surface area contributed by atoms with Crippen molar-refractivity contribution < 1.29 is 22.7 Å². The van der Waals surface area contributed by atoms with Gasteiger partial charge in [-0.1, -0.05) is 17.7 Å². The van der Waals surface area contributed by atoms with Crippen LogP contribution in [-0.4, -0.2) is 44.7 Å². The molecule has 0 bridgehead atoms. The summed E-state index contributed by atoms with van der Waals surface area (Å²) in [4.78, 5) is 24.4. The molecule has 0 aromatic heterocycles. The lowest BCUT2D eigenvalue weighted by Gasteiger charge is -2.30. The van der Waals surface area contributed by atoms with Gasteiger partial charge in [-0.05, 0) is 50.1 Å². The van der Waals surface area contributed by atoms with E-state index >= 15 is 0 Å². The second-order valence-corrected chi connectivity index (χ2v) is 9.20. The van der Waals surface area contributed by atoms with Crippen molar-refractivity contribution in [1.82, 2.24) is 4.31 Å². The van der Waals surface area contributed by atoms with Gasteiger partial charge in [0.25, 0.3) is 0 Å². The molecule has 0 unspecified atom stereocenters. The van der Waals surface area contributed by atoms with Crippen molar-refractivity contribution in [2.24, 2.45) is 11.7 Å². The summed E-state index contributed by atoms with van der Waals surface area (Å²) < 4.78 is 32.3. The zero-order valence-corrected chi connectivity index (χ0v) is 17.7. The van der Waals surface area contributed by atoms with Crippen LogP contribution in [-0.2, 0) is 14.8 Å². The van der Waals surface area contributed by atoms with Crippen LogP contribution in [0.25, 0.3) is 0 Å². The molecule has 0 atom stereocenters. The molecule has 1 heterocycles. The quantitative estimate of drug-likeness (QED) is 0.726. The van der Waals surface area contributed by atoms with Crippen LogP contribution in [0, 0.1) is 12.8 Å². The van der Waals surface area contributed by atoms with Crippen LogP contribution in [0.4, 0.5) is 5.69 Å². The molecule has 0 spiro atoms. The topological polar surface area (TPSA) is 119 Å². The zero-order valence-electron chi connectivity index (χ0n) is 16.9. The number of nitrogens with two attached hydrogens (primary N) is 1. The molecule has 8 nitrogen and oxygen atoms in total. The Hall–Kier alpha value is -2.91. The third-order valence-corrected chi connectivity index (χ3v) is 7.14. The van der Waals surface area contributed by atoms with E-state index < -0.39 is 15.9 Å². The molecule has 30 heavy (non-hydrogen) atoms. The molecule has 3 N–H and O–H groups in total. The number of primary amides is 1. The minimum absolute atomic E-state index is 0.248. The van der Waals surface area contributed by atoms with Crippen molar-refractivity contribution >= 4 is 27.5 Å². The molecular weight excluding hydrogens is 406 g/mol. The Labute approximate surface area is 176 Å². The van der Waals surface area contributed by atoms with Gasteiger partial charge in [-0.3, -0.25) is 9.59 Å². The van der Waals surface area contributed by atoms with Crippen LogP contribution in [0.5, 0.6) is 5.75 Å². The number of carbonyl (C=O) groups is 2. The number of anilines is 1. The van der Waals surface area contributed by atoms with E-state index in [2.05, 4.69) is 5.32 Å². The maximum atomic E-state index is 12.8. The van der Waals surface area contributed by atoms with Gasteiger partial charge in [-0.15, -0.1) is 0 Å². The van der Waals surface area contributed by atoms with Crippen LogP contribution in [0.1, 0.15) is 28.8 Å². The van der Waals surface area contributed by atoms with Crippen LogP contribution in [0.15, 0.2) is 47.4 Å². The monoisotopic (exact) mass is 431 g/mol. The maximum absolute atomic E-state index is 12.8. The van der Waals surface area contributed by atoms with Gasteiger partial charge >= 0.3 is 0 Å². The van der Waals surface area contributed by atoms with Gasteiger partial charge in [-0.25, -0.2) is 8.42 Å². The van der Waals surface area contributed by atoms with Gasteiger partial charge in [0.1, 0.15) is 5.75 Å². The highest BCUT2D eigenvalue weighted by atomic mass is 32.2. The van der Waals surface area contributed by atoms with E-state index in [9.17, 15) is 18.0 Å². The van der Waals surface area contributed by atoms with Crippen molar-refractivity contribution in [2.75, 3.05) is 25.5 Å². The second kappa shape index (κ2) is 8.85. The van der Waals surface area contributed by atoms with Crippen LogP contribution < -0.4 is 15.8 Å². The molecule has 160 valence electrons. The molecule has 2 aromatic rings. The molecule has 2 aromatic carbocycles. The summed E-state index contributed by atoms with van der Waals surface area (Å²) in [5.41, 5.74) is 6.90. The molecule has 0 radical (unpaired) electrons. The first-order valence-electron chi connectivity index (χ1n) is 9.58. The number of methoxy groups -OCH3 is 1. The van der Waals surface area contributed by atoms with Crippen molar-refractivity contribution in [1.29, 1.82) is 0 Å². The fourth-order valence-corrected chi connectivity index (χ4v) is 4.88. The van der Waals surface area contributed by atoms with Crippen molar-refractivity contribution in [3.05, 3.63) is 53.6 Å². The summed E-state index contributed by atoms with van der Waals surface area (Å²) in [5, 5.41) is 2.78. The lowest BCUT2D eigenvalue weighted by Crippen LogP contribution is -2.41. The van der Waals surface area contributed by atoms with E-state index in [0.29, 0.717) is 24.3 Å². The third-order valence-electron chi connectivity index (χ3n) is 5.23. The standard InChI is InChI=1S/C21H25N3O5S/c1-14-3-6-17(7-4-14)30(27,28)24-11-9-15(10-12-24)21(26)23-18-13-16(20(22)25)5-8-19(18)29-2/h3-8,13,15H,9-12H2,1-2H3,(H2,22,25)(H,23,26). The summed E-state index contributed by atoms with van der Waals surface area (Å²) >= 11 is 0. The highest BCUT2D eigenvalue weighted by molar-refractivity contribution is 7.89. The normalized spacial score (nSPS) is 15.5. The van der Waals surface area contributed by atoms with Crippen molar-refractivity contribution in [3.8, 4) is 5.75 Å². The first-order chi connectivity index (χ1) is 14.2. The lowest BCUT2D eigenvalue weighted by molar-refractivity contribution is -0.120. The predicted octanol–water partition coefficient (Wildman–Crippen LogP) is 2.14. The van der Waals surface area contributed by atoms with E-state index in [0.717, 1.165) is 5.56 Å². The number of benzene rings is 2. The molecule has 0 aliphatic carbocycles. The number of carbonyl (C=O) groups excluding carboxylic acids is 2. The minimum Gasteiger partial charge on any atom is -0.495 e. The largest absolute Gasteiger partial charge is 0.495 e. The van der Waals surface area contributed by atoms with Crippen molar-refractivity contribution in [2.45, 2.75) is 24.7 Å². The molecule has 3 rings (SSSR count). The van der Waals surface area contributed by atoms with Gasteiger partial charge in [-0.2, -0.15) is 4.31 Å². The highest BCUT2D eigenvalue weighted by Gasteiger charge is 2.32. The minimum atomic E-state index is -3.58. The van der Waals surface area contributed by atoms with E-state index in [4.69, 9.17) is 10.5 Å². The van der Waals surface area contributed by atoms with Crippen LogP contribution in [0.2, 0.25) is 0 Å². The highest BCUT2D eigenvalue weighted by Crippen LogP contribution is 2.29. The SMILES string of the molecule is COc1ccc(C(N)=O)cc1NC(=O)C1CCN(S(=O)(=O)c2ccc(C)cc2)CC1. The first-order valence-corrected chi connectivity index (χ1v) is 11.0. The Bertz CT molecular complexity index is 1040. The first kappa shape index (κ1) is 21.8.